The van der Waals surface area contributed by atoms with Crippen LogP contribution in [0.3, 0.4) is 0 Å². The molecule has 42 heavy (non-hydrogen) atoms. The van der Waals surface area contributed by atoms with E-state index in [1.807, 2.05) is 56.3 Å². The zero-order chi connectivity index (χ0) is 30.2. The van der Waals surface area contributed by atoms with Crippen molar-refractivity contribution in [2.45, 2.75) is 46.1 Å². The summed E-state index contributed by atoms with van der Waals surface area (Å²) in [6.45, 7) is 9.11. The van der Waals surface area contributed by atoms with Gasteiger partial charge in [-0.25, -0.2) is 4.79 Å². The first kappa shape index (κ1) is 29.1. The highest BCUT2D eigenvalue weighted by Gasteiger charge is 2.61. The van der Waals surface area contributed by atoms with Crippen LogP contribution in [0.25, 0.3) is 33.4 Å². The van der Waals surface area contributed by atoms with Crippen molar-refractivity contribution in [2.75, 3.05) is 24.6 Å². The largest absolute Gasteiger partial charge is 0.479 e. The van der Waals surface area contributed by atoms with E-state index in [2.05, 4.69) is 24.1 Å². The molecular formula is C34H36N2O6. The van der Waals surface area contributed by atoms with Crippen LogP contribution in [-0.2, 0) is 4.79 Å². The molecule has 1 amide bonds. The Morgan fingerprint density at radius 3 is 2.31 bits per heavy atom. The quantitative estimate of drug-likeness (QED) is 0.188. The number of aliphatic carboxylic acids is 1. The molecule has 0 bridgehead atoms. The molecule has 1 aliphatic carbocycles. The van der Waals surface area contributed by atoms with Crippen LogP contribution in [0.2, 0.25) is 0 Å². The third kappa shape index (κ3) is 5.07. The van der Waals surface area contributed by atoms with Gasteiger partial charge in [0.1, 0.15) is 16.9 Å². The average molecular weight is 569 g/mol. The number of hydrogen-bond acceptors (Lipinski definition) is 6. The van der Waals surface area contributed by atoms with Gasteiger partial charge in [-0.15, -0.1) is 0 Å². The van der Waals surface area contributed by atoms with Crippen molar-refractivity contribution >= 4 is 34.3 Å². The number of aliphatic hydroxyl groups is 1. The van der Waals surface area contributed by atoms with Crippen molar-refractivity contribution < 1.29 is 29.0 Å². The van der Waals surface area contributed by atoms with Crippen molar-refractivity contribution in [3.63, 3.8) is 0 Å². The number of anilines is 1. The summed E-state index contributed by atoms with van der Waals surface area (Å²) in [5, 5.41) is 22.5. The summed E-state index contributed by atoms with van der Waals surface area (Å²) >= 11 is 0. The third-order valence-electron chi connectivity index (χ3n) is 8.30. The average Bonchev–Trinajstić information content (AvgIpc) is 3.60. The molecular weight excluding hydrogens is 532 g/mol. The molecule has 8 heteroatoms. The molecule has 5 rings (SSSR count). The zero-order valence-corrected chi connectivity index (χ0v) is 24.4. The van der Waals surface area contributed by atoms with Crippen molar-refractivity contribution in [3.8, 4) is 22.5 Å². The molecule has 1 heterocycles. The van der Waals surface area contributed by atoms with E-state index < -0.39 is 23.3 Å². The van der Waals surface area contributed by atoms with Crippen LogP contribution in [0, 0.1) is 12.8 Å². The van der Waals surface area contributed by atoms with Gasteiger partial charge in [0.25, 0.3) is 5.91 Å². The lowest BCUT2D eigenvalue weighted by atomic mass is 9.95. The molecule has 0 saturated heterocycles. The first-order valence-electron chi connectivity index (χ1n) is 14.4. The smallest absolute Gasteiger partial charge is 0.329 e. The summed E-state index contributed by atoms with van der Waals surface area (Å²) in [6, 6.07) is 18.9. The Hall–Kier alpha value is -4.43. The maximum atomic E-state index is 13.3. The molecule has 218 valence electrons. The second-order valence-corrected chi connectivity index (χ2v) is 10.9. The van der Waals surface area contributed by atoms with Gasteiger partial charge in [0.05, 0.1) is 5.56 Å². The summed E-state index contributed by atoms with van der Waals surface area (Å²) in [6.07, 6.45) is 0.502. The standard InChI is InChI=1S/C34H36N2O6/c1-5-28(38)30-26-16-25(22-9-8-10-23(15-22)32(39)35-34(33(40)41)18-24(34)19-37)27(36(6-2)7-3)17-29(26)42-31(30)21-13-11-20(4)12-14-21/h8-17,24,37H,5-7,18-19H2,1-4H3,(H,35,39)(H,40,41)/t24-,34-/m1/s1. The maximum absolute atomic E-state index is 13.3. The second-order valence-electron chi connectivity index (χ2n) is 10.9. The molecule has 0 aliphatic heterocycles. The van der Waals surface area contributed by atoms with Crippen LogP contribution in [0.15, 0.2) is 65.1 Å². The number of rotatable bonds is 11. The Morgan fingerprint density at radius 1 is 1.00 bits per heavy atom. The minimum absolute atomic E-state index is 0.0270. The normalized spacial score (nSPS) is 17.7. The molecule has 0 radical (unpaired) electrons. The van der Waals surface area contributed by atoms with Gasteiger partial charge in [0.15, 0.2) is 5.78 Å². The number of hydrogen-bond donors (Lipinski definition) is 3. The lowest BCUT2D eigenvalue weighted by Gasteiger charge is -2.24. The van der Waals surface area contributed by atoms with E-state index in [0.29, 0.717) is 34.3 Å². The fourth-order valence-corrected chi connectivity index (χ4v) is 5.67. The van der Waals surface area contributed by atoms with Gasteiger partial charge in [-0.1, -0.05) is 48.9 Å². The van der Waals surface area contributed by atoms with E-state index in [1.54, 1.807) is 18.2 Å². The highest BCUT2D eigenvalue weighted by Crippen LogP contribution is 2.44. The van der Waals surface area contributed by atoms with E-state index in [9.17, 15) is 24.6 Å². The van der Waals surface area contributed by atoms with E-state index in [1.165, 1.54) is 0 Å². The number of aliphatic hydroxyl groups excluding tert-OH is 1. The number of aryl methyl sites for hydroxylation is 1. The number of nitrogens with zero attached hydrogens (tertiary/aromatic N) is 1. The molecule has 0 unspecified atom stereocenters. The fourth-order valence-electron chi connectivity index (χ4n) is 5.67. The minimum atomic E-state index is -1.45. The van der Waals surface area contributed by atoms with E-state index in [0.717, 1.165) is 41.0 Å². The number of carbonyl (C=O) groups excluding carboxylic acids is 2. The third-order valence-corrected chi connectivity index (χ3v) is 8.30. The molecule has 3 N–H and O–H groups in total. The number of fused-ring (bicyclic) bond motifs is 1. The van der Waals surface area contributed by atoms with Crippen LogP contribution in [0.4, 0.5) is 5.69 Å². The number of benzene rings is 3. The van der Waals surface area contributed by atoms with E-state index in [-0.39, 0.29) is 18.8 Å². The van der Waals surface area contributed by atoms with Gasteiger partial charge < -0.3 is 24.8 Å². The molecule has 3 aromatic carbocycles. The molecule has 0 spiro atoms. The molecule has 1 aromatic heterocycles. The van der Waals surface area contributed by atoms with Gasteiger partial charge in [-0.05, 0) is 51.0 Å². The fraction of sp³-hybridized carbons (Fsp3) is 0.324. The van der Waals surface area contributed by atoms with Crippen molar-refractivity contribution in [1.29, 1.82) is 0 Å². The first-order valence-corrected chi connectivity index (χ1v) is 14.4. The van der Waals surface area contributed by atoms with Crippen LogP contribution < -0.4 is 10.2 Å². The molecule has 8 nitrogen and oxygen atoms in total. The SMILES string of the molecule is CCC(=O)c1c(-c2ccc(C)cc2)oc2cc(N(CC)CC)c(-c3cccc(C(=O)N[C@]4(C(=O)O)C[C@@H]4CO)c3)cc12. The van der Waals surface area contributed by atoms with Crippen LogP contribution in [0.1, 0.15) is 59.9 Å². The molecule has 1 fully saturated rings. The van der Waals surface area contributed by atoms with Crippen molar-refractivity contribution in [1.82, 2.24) is 5.32 Å². The first-order chi connectivity index (χ1) is 20.2. The summed E-state index contributed by atoms with van der Waals surface area (Å²) in [4.78, 5) is 40.6. The van der Waals surface area contributed by atoms with Crippen LogP contribution in [0.5, 0.6) is 0 Å². The monoisotopic (exact) mass is 568 g/mol. The van der Waals surface area contributed by atoms with E-state index in [4.69, 9.17) is 4.42 Å². The number of carboxylic acids is 1. The highest BCUT2D eigenvalue weighted by atomic mass is 16.4. The number of amides is 1. The van der Waals surface area contributed by atoms with Gasteiger partial charge >= 0.3 is 5.97 Å². The molecule has 1 aliphatic rings. The van der Waals surface area contributed by atoms with Crippen LogP contribution >= 0.6 is 0 Å². The highest BCUT2D eigenvalue weighted by molar-refractivity contribution is 6.14. The Kier molecular flexibility index (Phi) is 7.93. The Labute approximate surface area is 245 Å². The van der Waals surface area contributed by atoms with Crippen molar-refractivity contribution in [2.24, 2.45) is 5.92 Å². The lowest BCUT2D eigenvalue weighted by Crippen LogP contribution is -2.45. The van der Waals surface area contributed by atoms with Crippen molar-refractivity contribution in [3.05, 3.63) is 77.4 Å². The molecule has 1 saturated carbocycles. The summed E-state index contributed by atoms with van der Waals surface area (Å²) in [5.41, 5.74) is 4.40. The Morgan fingerprint density at radius 2 is 1.71 bits per heavy atom. The number of furan rings is 1. The maximum Gasteiger partial charge on any atom is 0.329 e. The summed E-state index contributed by atoms with van der Waals surface area (Å²) in [5.74, 6) is -1.68. The number of carbonyl (C=O) groups is 3. The Bertz CT molecular complexity index is 1670. The van der Waals surface area contributed by atoms with Crippen LogP contribution in [-0.4, -0.2) is 53.1 Å². The number of ketones is 1. The number of carboxylic acid groups (broad SMARTS) is 1. The summed E-state index contributed by atoms with van der Waals surface area (Å²) < 4.78 is 6.40. The predicted molar refractivity (Wildman–Crippen MR) is 163 cm³/mol. The predicted octanol–water partition coefficient (Wildman–Crippen LogP) is 6.08. The van der Waals surface area contributed by atoms with E-state index >= 15 is 0 Å². The molecule has 2 atom stereocenters. The minimum Gasteiger partial charge on any atom is -0.479 e. The van der Waals surface area contributed by atoms with Gasteiger partial charge in [-0.3, -0.25) is 9.59 Å². The van der Waals surface area contributed by atoms with Gasteiger partial charge in [0.2, 0.25) is 0 Å². The lowest BCUT2D eigenvalue weighted by molar-refractivity contribution is -0.141. The summed E-state index contributed by atoms with van der Waals surface area (Å²) in [7, 11) is 0. The van der Waals surface area contributed by atoms with Gasteiger partial charge in [0, 0.05) is 65.9 Å². The Balaban J connectivity index is 1.66. The topological polar surface area (TPSA) is 120 Å². The number of Topliss-reactive ketones (excluding diaryl/α,β-unsaturated/α-hetero) is 1. The number of nitrogens with one attached hydrogen (secondary N) is 1. The van der Waals surface area contributed by atoms with Gasteiger partial charge in [-0.2, -0.15) is 0 Å². The zero-order valence-electron chi connectivity index (χ0n) is 24.4. The molecule has 4 aromatic rings. The second kappa shape index (κ2) is 11.4.